The number of H-pyrrole nitrogens is 1. The Morgan fingerprint density at radius 3 is 2.92 bits per heavy atom. The van der Waals surface area contributed by atoms with E-state index in [1.54, 1.807) is 6.20 Å². The lowest BCUT2D eigenvalue weighted by Gasteiger charge is -2.13. The first-order valence-electron chi connectivity index (χ1n) is 8.03. The Kier molecular flexibility index (Phi) is 4.16. The summed E-state index contributed by atoms with van der Waals surface area (Å²) in [6.45, 7) is 3.94. The number of carbonyl (C=O) groups excluding carboxylic acids is 1. The molecule has 4 rings (SSSR count). The van der Waals surface area contributed by atoms with Crippen LogP contribution in [0.3, 0.4) is 0 Å². The Labute approximate surface area is 152 Å². The van der Waals surface area contributed by atoms with Gasteiger partial charge in [-0.15, -0.1) is 11.3 Å². The molecule has 0 amide bonds. The lowest BCUT2D eigenvalue weighted by atomic mass is 9.96. The standard InChI is InChI=1S/C17H16N4O2S2/c1-8-9(2)25-16-14(8)15(23)20-13(21-16)7-24-17-18-6-10-11(19-17)4-3-5-12(10)22/h6H,3-5,7H2,1-2H3,(H,20,21,23). The molecule has 25 heavy (non-hydrogen) atoms. The second-order valence-corrected chi connectivity index (χ2v) is 8.20. The van der Waals surface area contributed by atoms with Gasteiger partial charge in [-0.2, -0.15) is 0 Å². The second kappa shape index (κ2) is 6.34. The Hall–Kier alpha value is -2.06. The van der Waals surface area contributed by atoms with Gasteiger partial charge in [0, 0.05) is 17.5 Å². The van der Waals surface area contributed by atoms with Gasteiger partial charge in [0.15, 0.2) is 10.9 Å². The number of hydrogen-bond acceptors (Lipinski definition) is 7. The fraction of sp³-hybridized carbons (Fsp3) is 0.353. The SMILES string of the molecule is Cc1sc2nc(CSc3ncc4c(n3)CCCC4=O)[nH]c(=O)c2c1C. The summed E-state index contributed by atoms with van der Waals surface area (Å²) in [7, 11) is 0. The zero-order valence-electron chi connectivity index (χ0n) is 13.9. The first kappa shape index (κ1) is 16.4. The van der Waals surface area contributed by atoms with Crippen molar-refractivity contribution >= 4 is 39.1 Å². The molecule has 0 atom stereocenters. The highest BCUT2D eigenvalue weighted by atomic mass is 32.2. The maximum atomic E-state index is 12.3. The molecule has 0 bridgehead atoms. The number of aromatic amines is 1. The molecule has 1 aliphatic rings. The second-order valence-electron chi connectivity index (χ2n) is 6.05. The summed E-state index contributed by atoms with van der Waals surface area (Å²) in [5, 5.41) is 1.29. The average Bonchev–Trinajstić information content (AvgIpc) is 2.88. The van der Waals surface area contributed by atoms with E-state index in [0.29, 0.717) is 34.1 Å². The predicted molar refractivity (Wildman–Crippen MR) is 98.6 cm³/mol. The molecule has 1 aliphatic carbocycles. The number of fused-ring (bicyclic) bond motifs is 2. The topological polar surface area (TPSA) is 88.6 Å². The molecule has 0 spiro atoms. The lowest BCUT2D eigenvalue weighted by molar-refractivity contribution is 0.0970. The number of Topliss-reactive ketones (excluding diaryl/α,β-unsaturated/α-hetero) is 1. The molecule has 128 valence electrons. The number of nitrogens with zero attached hydrogens (tertiary/aromatic N) is 3. The molecule has 6 nitrogen and oxygen atoms in total. The minimum Gasteiger partial charge on any atom is -0.309 e. The molecule has 0 aromatic carbocycles. The van der Waals surface area contributed by atoms with Crippen molar-refractivity contribution in [2.24, 2.45) is 0 Å². The van der Waals surface area contributed by atoms with Crippen molar-refractivity contribution in [3.8, 4) is 0 Å². The van der Waals surface area contributed by atoms with Gasteiger partial charge >= 0.3 is 0 Å². The van der Waals surface area contributed by atoms with E-state index in [1.807, 2.05) is 13.8 Å². The largest absolute Gasteiger partial charge is 0.309 e. The molecule has 0 saturated carbocycles. The normalized spacial score (nSPS) is 14.1. The molecular weight excluding hydrogens is 356 g/mol. The van der Waals surface area contributed by atoms with Crippen LogP contribution in [0.4, 0.5) is 0 Å². The van der Waals surface area contributed by atoms with Crippen molar-refractivity contribution in [1.29, 1.82) is 0 Å². The first-order valence-corrected chi connectivity index (χ1v) is 9.84. The molecule has 1 N–H and O–H groups in total. The fourth-order valence-electron chi connectivity index (χ4n) is 2.94. The summed E-state index contributed by atoms with van der Waals surface area (Å²) in [4.78, 5) is 42.2. The van der Waals surface area contributed by atoms with Gasteiger partial charge < -0.3 is 4.98 Å². The van der Waals surface area contributed by atoms with Gasteiger partial charge in [-0.1, -0.05) is 11.8 Å². The van der Waals surface area contributed by atoms with Gasteiger partial charge in [0.2, 0.25) is 0 Å². The van der Waals surface area contributed by atoms with E-state index in [4.69, 9.17) is 0 Å². The molecule has 0 aliphatic heterocycles. The monoisotopic (exact) mass is 372 g/mol. The van der Waals surface area contributed by atoms with Crippen molar-refractivity contribution < 1.29 is 4.79 Å². The summed E-state index contributed by atoms with van der Waals surface area (Å²) < 4.78 is 0. The molecular formula is C17H16N4O2S2. The summed E-state index contributed by atoms with van der Waals surface area (Å²) >= 11 is 2.95. The smallest absolute Gasteiger partial charge is 0.259 e. The number of thioether (sulfide) groups is 1. The maximum Gasteiger partial charge on any atom is 0.259 e. The van der Waals surface area contributed by atoms with Crippen LogP contribution in [0.2, 0.25) is 0 Å². The van der Waals surface area contributed by atoms with Gasteiger partial charge in [0.05, 0.1) is 22.4 Å². The quantitative estimate of drug-likeness (QED) is 0.561. The van der Waals surface area contributed by atoms with Crippen LogP contribution in [0.15, 0.2) is 16.1 Å². The van der Waals surface area contributed by atoms with E-state index in [9.17, 15) is 9.59 Å². The van der Waals surface area contributed by atoms with Gasteiger partial charge in [0.25, 0.3) is 5.56 Å². The number of ketones is 1. The van der Waals surface area contributed by atoms with Crippen LogP contribution < -0.4 is 5.56 Å². The van der Waals surface area contributed by atoms with Crippen molar-refractivity contribution in [3.63, 3.8) is 0 Å². The molecule has 8 heteroatoms. The van der Waals surface area contributed by atoms with Crippen LogP contribution in [0, 0.1) is 13.8 Å². The highest BCUT2D eigenvalue weighted by Gasteiger charge is 2.19. The fourth-order valence-corrected chi connectivity index (χ4v) is 4.70. The molecule has 3 aromatic heterocycles. The summed E-state index contributed by atoms with van der Waals surface area (Å²) in [5.74, 6) is 1.22. The minimum absolute atomic E-state index is 0.0978. The van der Waals surface area contributed by atoms with Crippen LogP contribution in [-0.4, -0.2) is 25.7 Å². The van der Waals surface area contributed by atoms with E-state index in [2.05, 4.69) is 19.9 Å². The number of aromatic nitrogens is 4. The Morgan fingerprint density at radius 1 is 1.24 bits per heavy atom. The van der Waals surface area contributed by atoms with E-state index >= 15 is 0 Å². The number of thiophene rings is 1. The van der Waals surface area contributed by atoms with Crippen molar-refractivity contribution in [3.05, 3.63) is 44.1 Å². The Balaban J connectivity index is 1.58. The third-order valence-corrected chi connectivity index (χ3v) is 6.36. The van der Waals surface area contributed by atoms with E-state index < -0.39 is 0 Å². The molecule has 0 unspecified atom stereocenters. The third kappa shape index (κ3) is 3.00. The van der Waals surface area contributed by atoms with Gasteiger partial charge in [-0.3, -0.25) is 9.59 Å². The van der Waals surface area contributed by atoms with E-state index in [0.717, 1.165) is 33.8 Å². The zero-order chi connectivity index (χ0) is 17.6. The van der Waals surface area contributed by atoms with Crippen molar-refractivity contribution in [1.82, 2.24) is 19.9 Å². The molecule has 0 fully saturated rings. The van der Waals surface area contributed by atoms with E-state index in [1.165, 1.54) is 23.1 Å². The highest BCUT2D eigenvalue weighted by Crippen LogP contribution is 2.27. The van der Waals surface area contributed by atoms with Gasteiger partial charge in [0.1, 0.15) is 10.7 Å². The third-order valence-electron chi connectivity index (χ3n) is 4.39. The number of aryl methyl sites for hydroxylation is 3. The predicted octanol–water partition coefficient (Wildman–Crippen LogP) is 3.20. The van der Waals surface area contributed by atoms with Crippen LogP contribution in [0.25, 0.3) is 10.2 Å². The maximum absolute atomic E-state index is 12.3. The van der Waals surface area contributed by atoms with Gasteiger partial charge in [-0.05, 0) is 32.3 Å². The lowest BCUT2D eigenvalue weighted by Crippen LogP contribution is -2.14. The van der Waals surface area contributed by atoms with Crippen LogP contribution >= 0.6 is 23.1 Å². The minimum atomic E-state index is -0.0978. The number of carbonyl (C=O) groups is 1. The number of rotatable bonds is 3. The summed E-state index contributed by atoms with van der Waals surface area (Å²) in [6.07, 6.45) is 3.85. The summed E-state index contributed by atoms with van der Waals surface area (Å²) in [6, 6.07) is 0. The van der Waals surface area contributed by atoms with Gasteiger partial charge in [-0.25, -0.2) is 15.0 Å². The average molecular weight is 372 g/mol. The molecule has 3 aromatic rings. The van der Waals surface area contributed by atoms with Crippen LogP contribution in [0.1, 0.15) is 45.2 Å². The highest BCUT2D eigenvalue weighted by molar-refractivity contribution is 7.98. The van der Waals surface area contributed by atoms with Crippen LogP contribution in [-0.2, 0) is 12.2 Å². The van der Waals surface area contributed by atoms with E-state index in [-0.39, 0.29) is 11.3 Å². The first-order chi connectivity index (χ1) is 12.0. The summed E-state index contributed by atoms with van der Waals surface area (Å²) in [5.41, 5.74) is 2.37. The molecule has 3 heterocycles. The van der Waals surface area contributed by atoms with Crippen LogP contribution in [0.5, 0.6) is 0 Å². The number of hydrogen-bond donors (Lipinski definition) is 1. The van der Waals surface area contributed by atoms with Crippen molar-refractivity contribution in [2.45, 2.75) is 44.0 Å². The Morgan fingerprint density at radius 2 is 2.08 bits per heavy atom. The molecule has 0 radical (unpaired) electrons. The number of nitrogens with one attached hydrogen (secondary N) is 1. The Bertz CT molecular complexity index is 1050. The van der Waals surface area contributed by atoms with Crippen molar-refractivity contribution in [2.75, 3.05) is 0 Å². The molecule has 0 saturated heterocycles. The zero-order valence-corrected chi connectivity index (χ0v) is 15.5.